The highest BCUT2D eigenvalue weighted by atomic mass is 16.4. The molecule has 0 radical (unpaired) electrons. The highest BCUT2D eigenvalue weighted by molar-refractivity contribution is 5.67. The van der Waals surface area contributed by atoms with E-state index in [1.165, 1.54) is 63.4 Å². The number of rotatable bonds is 17. The maximum atomic E-state index is 10.9. The van der Waals surface area contributed by atoms with Crippen LogP contribution in [0.15, 0.2) is 30.3 Å². The van der Waals surface area contributed by atoms with Crippen molar-refractivity contribution in [2.75, 3.05) is 27.2 Å². The number of carbonyl (C=O) groups is 1. The fourth-order valence-corrected chi connectivity index (χ4v) is 3.50. The SMILES string of the molecule is CN(C)C[C@@H](CC(=O)O)NCCCCCCCCCCCc1ccccc1. The molecule has 2 N–H and O–H groups in total. The number of likely N-dealkylation sites (N-methyl/N-ethyl adjacent to an activating group) is 1. The van der Waals surface area contributed by atoms with Crippen LogP contribution in [0.5, 0.6) is 0 Å². The minimum atomic E-state index is -0.724. The maximum Gasteiger partial charge on any atom is 0.304 e. The molecule has 0 saturated carbocycles. The van der Waals surface area contributed by atoms with Crippen LogP contribution in [0.1, 0.15) is 69.8 Å². The molecule has 1 atom stereocenters. The average molecular weight is 377 g/mol. The zero-order valence-corrected chi connectivity index (χ0v) is 17.5. The summed E-state index contributed by atoms with van der Waals surface area (Å²) in [7, 11) is 3.97. The van der Waals surface area contributed by atoms with Gasteiger partial charge in [-0.05, 0) is 45.5 Å². The molecule has 0 bridgehead atoms. The molecule has 0 heterocycles. The molecule has 0 fully saturated rings. The molecule has 0 aliphatic heterocycles. The second-order valence-corrected chi connectivity index (χ2v) is 7.93. The highest BCUT2D eigenvalue weighted by Gasteiger charge is 2.12. The predicted molar refractivity (Wildman–Crippen MR) is 114 cm³/mol. The molecule has 1 rings (SSSR count). The van der Waals surface area contributed by atoms with Crippen molar-refractivity contribution in [1.82, 2.24) is 10.2 Å². The summed E-state index contributed by atoms with van der Waals surface area (Å²) in [6.45, 7) is 1.70. The van der Waals surface area contributed by atoms with Crippen LogP contribution in [0.2, 0.25) is 0 Å². The smallest absolute Gasteiger partial charge is 0.304 e. The Labute approximate surface area is 166 Å². The van der Waals surface area contributed by atoms with E-state index in [0.717, 1.165) is 19.5 Å². The van der Waals surface area contributed by atoms with Crippen molar-refractivity contribution in [2.24, 2.45) is 0 Å². The van der Waals surface area contributed by atoms with Gasteiger partial charge < -0.3 is 15.3 Å². The summed E-state index contributed by atoms with van der Waals surface area (Å²) < 4.78 is 0. The van der Waals surface area contributed by atoms with Crippen LogP contribution in [0.3, 0.4) is 0 Å². The summed E-state index contributed by atoms with van der Waals surface area (Å²) in [6.07, 6.45) is 13.1. The zero-order chi connectivity index (χ0) is 19.7. The Balaban J connectivity index is 1.88. The minimum absolute atomic E-state index is 0.0494. The molecule has 4 heteroatoms. The average Bonchev–Trinajstić information content (AvgIpc) is 2.62. The van der Waals surface area contributed by atoms with E-state index in [4.69, 9.17) is 5.11 Å². The molecule has 1 aromatic rings. The first-order valence-electron chi connectivity index (χ1n) is 10.7. The standard InChI is InChI=1S/C23H40N2O2/c1-25(2)20-22(19-23(26)27)24-18-14-9-7-5-3-4-6-8-11-15-21-16-12-10-13-17-21/h10,12-13,16-17,22,24H,3-9,11,14-15,18-20H2,1-2H3,(H,26,27)/t22-/m1/s1. The molecule has 0 aliphatic rings. The third kappa shape index (κ3) is 14.3. The van der Waals surface area contributed by atoms with Gasteiger partial charge in [0.2, 0.25) is 0 Å². The molecule has 0 spiro atoms. The van der Waals surface area contributed by atoms with Crippen LogP contribution in [0.4, 0.5) is 0 Å². The second kappa shape index (κ2) is 15.6. The van der Waals surface area contributed by atoms with Crippen molar-refractivity contribution in [2.45, 2.75) is 76.7 Å². The lowest BCUT2D eigenvalue weighted by atomic mass is 10.0. The summed E-state index contributed by atoms with van der Waals surface area (Å²) in [5.74, 6) is -0.724. The van der Waals surface area contributed by atoms with Crippen molar-refractivity contribution < 1.29 is 9.90 Å². The van der Waals surface area contributed by atoms with Gasteiger partial charge in [-0.2, -0.15) is 0 Å². The lowest BCUT2D eigenvalue weighted by Crippen LogP contribution is -2.40. The Morgan fingerprint density at radius 2 is 1.48 bits per heavy atom. The Morgan fingerprint density at radius 1 is 0.926 bits per heavy atom. The van der Waals surface area contributed by atoms with Gasteiger partial charge in [-0.3, -0.25) is 4.79 Å². The number of carboxylic acids is 1. The molecular formula is C23H40N2O2. The number of benzene rings is 1. The first kappa shape index (κ1) is 23.6. The number of aryl methyl sites for hydroxylation is 1. The third-order valence-electron chi connectivity index (χ3n) is 4.92. The van der Waals surface area contributed by atoms with Crippen LogP contribution in [-0.2, 0) is 11.2 Å². The Bertz CT molecular complexity index is 477. The molecule has 0 aromatic heterocycles. The van der Waals surface area contributed by atoms with E-state index in [2.05, 4.69) is 35.6 Å². The molecule has 1 aromatic carbocycles. The largest absolute Gasteiger partial charge is 0.481 e. The van der Waals surface area contributed by atoms with E-state index >= 15 is 0 Å². The third-order valence-corrected chi connectivity index (χ3v) is 4.92. The fraction of sp³-hybridized carbons (Fsp3) is 0.696. The highest BCUT2D eigenvalue weighted by Crippen LogP contribution is 2.12. The van der Waals surface area contributed by atoms with Gasteiger partial charge in [0.15, 0.2) is 0 Å². The summed E-state index contributed by atoms with van der Waals surface area (Å²) in [6, 6.07) is 10.8. The maximum absolute atomic E-state index is 10.9. The molecule has 0 aliphatic carbocycles. The van der Waals surface area contributed by atoms with Crippen molar-refractivity contribution in [3.05, 3.63) is 35.9 Å². The summed E-state index contributed by atoms with van der Waals surface area (Å²) in [5.41, 5.74) is 1.46. The number of carboxylic acid groups (broad SMARTS) is 1. The lowest BCUT2D eigenvalue weighted by molar-refractivity contribution is -0.137. The predicted octanol–water partition coefficient (Wildman–Crippen LogP) is 4.73. The number of unbranched alkanes of at least 4 members (excludes halogenated alkanes) is 8. The van der Waals surface area contributed by atoms with Gasteiger partial charge in [-0.15, -0.1) is 0 Å². The number of hydrogen-bond acceptors (Lipinski definition) is 3. The van der Waals surface area contributed by atoms with Gasteiger partial charge in [-0.25, -0.2) is 0 Å². The van der Waals surface area contributed by atoms with E-state index in [-0.39, 0.29) is 12.5 Å². The molecule has 0 saturated heterocycles. The van der Waals surface area contributed by atoms with Crippen molar-refractivity contribution >= 4 is 5.97 Å². The van der Waals surface area contributed by atoms with Gasteiger partial charge in [-0.1, -0.05) is 75.3 Å². The van der Waals surface area contributed by atoms with Crippen LogP contribution >= 0.6 is 0 Å². The Morgan fingerprint density at radius 3 is 2.04 bits per heavy atom. The van der Waals surface area contributed by atoms with Gasteiger partial charge in [0.1, 0.15) is 0 Å². The van der Waals surface area contributed by atoms with Crippen LogP contribution in [-0.4, -0.2) is 49.2 Å². The quantitative estimate of drug-likeness (QED) is 0.386. The topological polar surface area (TPSA) is 52.6 Å². The first-order chi connectivity index (χ1) is 13.1. The van der Waals surface area contributed by atoms with Crippen molar-refractivity contribution in [3.8, 4) is 0 Å². The van der Waals surface area contributed by atoms with E-state index in [0.29, 0.717) is 0 Å². The number of nitrogens with one attached hydrogen (secondary N) is 1. The van der Waals surface area contributed by atoms with E-state index in [1.807, 2.05) is 19.0 Å². The Kier molecular flexibility index (Phi) is 13.7. The number of hydrogen-bond donors (Lipinski definition) is 2. The van der Waals surface area contributed by atoms with Gasteiger partial charge >= 0.3 is 5.97 Å². The summed E-state index contributed by atoms with van der Waals surface area (Å²) in [4.78, 5) is 12.9. The number of nitrogens with zero attached hydrogens (tertiary/aromatic N) is 1. The summed E-state index contributed by atoms with van der Waals surface area (Å²) in [5, 5.41) is 12.4. The molecule has 154 valence electrons. The van der Waals surface area contributed by atoms with E-state index in [1.54, 1.807) is 0 Å². The first-order valence-corrected chi connectivity index (χ1v) is 10.7. The van der Waals surface area contributed by atoms with Crippen molar-refractivity contribution in [3.63, 3.8) is 0 Å². The van der Waals surface area contributed by atoms with Gasteiger partial charge in [0.05, 0.1) is 6.42 Å². The van der Waals surface area contributed by atoms with Crippen LogP contribution in [0, 0.1) is 0 Å². The van der Waals surface area contributed by atoms with Gasteiger partial charge in [0, 0.05) is 12.6 Å². The van der Waals surface area contributed by atoms with E-state index < -0.39 is 5.97 Å². The monoisotopic (exact) mass is 376 g/mol. The second-order valence-electron chi connectivity index (χ2n) is 7.93. The lowest BCUT2D eigenvalue weighted by Gasteiger charge is -2.20. The Hall–Kier alpha value is -1.39. The molecule has 27 heavy (non-hydrogen) atoms. The van der Waals surface area contributed by atoms with Gasteiger partial charge in [0.25, 0.3) is 0 Å². The zero-order valence-electron chi connectivity index (χ0n) is 17.5. The molecule has 4 nitrogen and oxygen atoms in total. The van der Waals surface area contributed by atoms with Crippen molar-refractivity contribution in [1.29, 1.82) is 0 Å². The summed E-state index contributed by atoms with van der Waals surface area (Å²) >= 11 is 0. The van der Waals surface area contributed by atoms with Crippen LogP contribution in [0.25, 0.3) is 0 Å². The number of aliphatic carboxylic acids is 1. The minimum Gasteiger partial charge on any atom is -0.481 e. The molecular weight excluding hydrogens is 336 g/mol. The fourth-order valence-electron chi connectivity index (χ4n) is 3.50. The van der Waals surface area contributed by atoms with E-state index in [9.17, 15) is 4.79 Å². The van der Waals surface area contributed by atoms with Crippen LogP contribution < -0.4 is 5.32 Å². The molecule has 0 amide bonds. The normalized spacial score (nSPS) is 12.4. The molecule has 0 unspecified atom stereocenters.